The third-order valence-corrected chi connectivity index (χ3v) is 5.54. The molecule has 1 heterocycles. The van der Waals surface area contributed by atoms with Crippen LogP contribution in [0.5, 0.6) is 5.75 Å². The number of thiophene rings is 1. The van der Waals surface area contributed by atoms with Crippen molar-refractivity contribution in [3.05, 3.63) is 82.0 Å². The quantitative estimate of drug-likeness (QED) is 0.545. The average molecular weight is 423 g/mol. The van der Waals surface area contributed by atoms with Crippen LogP contribution in [0.2, 0.25) is 0 Å². The number of ether oxygens (including phenoxy) is 1. The van der Waals surface area contributed by atoms with E-state index in [2.05, 4.69) is 36.5 Å². The summed E-state index contributed by atoms with van der Waals surface area (Å²) in [6.45, 7) is 4.58. The highest BCUT2D eigenvalue weighted by molar-refractivity contribution is 7.11. The number of aryl methyl sites for hydroxylation is 1. The highest BCUT2D eigenvalue weighted by Gasteiger charge is 2.17. The number of hydrogen-bond donors (Lipinski definition) is 1. The van der Waals surface area contributed by atoms with E-state index in [1.807, 2.05) is 35.2 Å². The fourth-order valence-corrected chi connectivity index (χ4v) is 3.98. The summed E-state index contributed by atoms with van der Waals surface area (Å²) in [5.41, 5.74) is 1.75. The van der Waals surface area contributed by atoms with Gasteiger partial charge in [-0.25, -0.2) is 0 Å². The Balaban J connectivity index is 1.67. The fourth-order valence-electron chi connectivity index (χ4n) is 3.08. The Labute approximate surface area is 181 Å². The molecule has 30 heavy (non-hydrogen) atoms. The number of para-hydroxylation sites is 2. The van der Waals surface area contributed by atoms with E-state index in [1.165, 1.54) is 17.4 Å². The molecule has 0 fully saturated rings. The molecule has 6 heteroatoms. The number of benzene rings is 2. The molecule has 5 nitrogen and oxygen atoms in total. The van der Waals surface area contributed by atoms with Gasteiger partial charge in [-0.2, -0.15) is 0 Å². The van der Waals surface area contributed by atoms with Gasteiger partial charge >= 0.3 is 0 Å². The first-order valence-electron chi connectivity index (χ1n) is 9.87. The highest BCUT2D eigenvalue weighted by Crippen LogP contribution is 2.24. The van der Waals surface area contributed by atoms with Crippen LogP contribution in [0, 0.1) is 6.92 Å². The molecule has 0 aliphatic heterocycles. The Morgan fingerprint density at radius 2 is 1.73 bits per heavy atom. The van der Waals surface area contributed by atoms with E-state index in [4.69, 9.17) is 4.74 Å². The summed E-state index contributed by atoms with van der Waals surface area (Å²) in [5, 5.41) is 2.73. The van der Waals surface area contributed by atoms with Crippen LogP contribution in [-0.2, 0) is 22.6 Å². The number of hydrogen-bond acceptors (Lipinski definition) is 4. The molecule has 0 saturated carbocycles. The first kappa shape index (κ1) is 21.6. The summed E-state index contributed by atoms with van der Waals surface area (Å²) in [7, 11) is 0. The van der Waals surface area contributed by atoms with Crippen molar-refractivity contribution < 1.29 is 14.3 Å². The van der Waals surface area contributed by atoms with Crippen LogP contribution >= 0.6 is 11.3 Å². The minimum absolute atomic E-state index is 0.0876. The highest BCUT2D eigenvalue weighted by atomic mass is 32.1. The average Bonchev–Trinajstić information content (AvgIpc) is 3.15. The van der Waals surface area contributed by atoms with Gasteiger partial charge in [0.25, 0.3) is 5.91 Å². The van der Waals surface area contributed by atoms with Crippen LogP contribution in [0.15, 0.2) is 66.7 Å². The summed E-state index contributed by atoms with van der Waals surface area (Å²) in [5.74, 6) is 0.209. The molecular formula is C24H26N2O3S. The Morgan fingerprint density at radius 3 is 2.43 bits per heavy atom. The molecule has 1 N–H and O–H groups in total. The van der Waals surface area contributed by atoms with E-state index in [1.54, 1.807) is 23.5 Å². The normalized spacial score (nSPS) is 10.5. The number of nitrogens with one attached hydrogen (secondary N) is 1. The lowest BCUT2D eigenvalue weighted by molar-refractivity contribution is -0.133. The Bertz CT molecular complexity index is 985. The van der Waals surface area contributed by atoms with Gasteiger partial charge in [-0.05, 0) is 43.2 Å². The lowest BCUT2D eigenvalue weighted by atomic mass is 10.1. The number of carbonyl (C=O) groups excluding carboxylic acids is 2. The number of anilines is 1. The molecule has 156 valence electrons. The van der Waals surface area contributed by atoms with Crippen molar-refractivity contribution in [3.8, 4) is 5.75 Å². The number of rotatable bonds is 9. The Morgan fingerprint density at radius 1 is 1.00 bits per heavy atom. The van der Waals surface area contributed by atoms with Gasteiger partial charge in [0.05, 0.1) is 12.2 Å². The largest absolute Gasteiger partial charge is 0.482 e. The van der Waals surface area contributed by atoms with Gasteiger partial charge in [0.2, 0.25) is 5.91 Å². The molecule has 0 saturated heterocycles. The topological polar surface area (TPSA) is 58.6 Å². The van der Waals surface area contributed by atoms with E-state index in [0.29, 0.717) is 24.5 Å². The van der Waals surface area contributed by atoms with E-state index in [9.17, 15) is 9.59 Å². The Hall–Kier alpha value is -3.12. The maximum atomic E-state index is 13.0. The molecule has 0 aliphatic rings. The first-order chi connectivity index (χ1) is 14.5. The lowest BCUT2D eigenvalue weighted by Crippen LogP contribution is -2.36. The van der Waals surface area contributed by atoms with Crippen molar-refractivity contribution in [3.63, 3.8) is 0 Å². The molecule has 0 atom stereocenters. The van der Waals surface area contributed by atoms with Crippen molar-refractivity contribution in [2.75, 3.05) is 18.5 Å². The van der Waals surface area contributed by atoms with Crippen molar-refractivity contribution in [2.24, 2.45) is 0 Å². The second-order valence-electron chi connectivity index (χ2n) is 7.03. The molecule has 0 unspecified atom stereocenters. The van der Waals surface area contributed by atoms with Crippen LogP contribution in [0.4, 0.5) is 5.69 Å². The van der Waals surface area contributed by atoms with Gasteiger partial charge in [-0.15, -0.1) is 11.3 Å². The molecule has 0 bridgehead atoms. The van der Waals surface area contributed by atoms with Crippen molar-refractivity contribution in [1.82, 2.24) is 4.90 Å². The number of nitrogens with zero attached hydrogens (tertiary/aromatic N) is 1. The lowest BCUT2D eigenvalue weighted by Gasteiger charge is -2.23. The van der Waals surface area contributed by atoms with E-state index in [-0.39, 0.29) is 18.4 Å². The first-order valence-corrected chi connectivity index (χ1v) is 10.7. The Kier molecular flexibility index (Phi) is 7.63. The van der Waals surface area contributed by atoms with Crippen LogP contribution in [-0.4, -0.2) is 29.9 Å². The van der Waals surface area contributed by atoms with Gasteiger partial charge in [0, 0.05) is 23.2 Å². The van der Waals surface area contributed by atoms with Gasteiger partial charge in [0.15, 0.2) is 6.61 Å². The van der Waals surface area contributed by atoms with Gasteiger partial charge < -0.3 is 15.0 Å². The second kappa shape index (κ2) is 10.6. The van der Waals surface area contributed by atoms with Crippen molar-refractivity contribution in [1.29, 1.82) is 0 Å². The van der Waals surface area contributed by atoms with Crippen LogP contribution in [0.3, 0.4) is 0 Å². The van der Waals surface area contributed by atoms with Gasteiger partial charge in [0.1, 0.15) is 5.75 Å². The van der Waals surface area contributed by atoms with Crippen molar-refractivity contribution in [2.45, 2.75) is 26.8 Å². The molecule has 2 amide bonds. The van der Waals surface area contributed by atoms with E-state index < -0.39 is 0 Å². The summed E-state index contributed by atoms with van der Waals surface area (Å²) in [6.07, 6.45) is 0.777. The molecule has 2 aromatic carbocycles. The maximum absolute atomic E-state index is 13.0. The molecule has 3 aromatic rings. The smallest absolute Gasteiger partial charge is 0.260 e. The minimum atomic E-state index is -0.185. The van der Waals surface area contributed by atoms with Crippen LogP contribution < -0.4 is 10.1 Å². The van der Waals surface area contributed by atoms with Crippen LogP contribution in [0.25, 0.3) is 0 Å². The van der Waals surface area contributed by atoms with Crippen molar-refractivity contribution >= 4 is 28.8 Å². The third-order valence-electron chi connectivity index (χ3n) is 4.56. The number of carbonyl (C=O) groups is 2. The zero-order valence-corrected chi connectivity index (χ0v) is 18.1. The molecular weight excluding hydrogens is 396 g/mol. The van der Waals surface area contributed by atoms with Crippen LogP contribution in [0.1, 0.15) is 22.2 Å². The SMILES string of the molecule is CC(=O)Nc1ccccc1OCC(=O)N(CCc1ccccc1)Cc1ccc(C)s1. The summed E-state index contributed by atoms with van der Waals surface area (Å²) in [6, 6.07) is 21.4. The molecule has 3 rings (SSSR count). The second-order valence-corrected chi connectivity index (χ2v) is 8.40. The fraction of sp³-hybridized carbons (Fsp3) is 0.250. The summed E-state index contributed by atoms with van der Waals surface area (Å²) >= 11 is 1.70. The molecule has 0 spiro atoms. The zero-order valence-electron chi connectivity index (χ0n) is 17.3. The molecule has 0 radical (unpaired) electrons. The predicted molar refractivity (Wildman–Crippen MR) is 121 cm³/mol. The summed E-state index contributed by atoms with van der Waals surface area (Å²) in [4.78, 5) is 28.6. The standard InChI is InChI=1S/C24H26N2O3S/c1-18-12-13-21(30-18)16-26(15-14-20-8-4-3-5-9-20)24(28)17-29-23-11-7-6-10-22(23)25-19(2)27/h3-13H,14-17H2,1-2H3,(H,25,27). The minimum Gasteiger partial charge on any atom is -0.482 e. The summed E-state index contributed by atoms with van der Waals surface area (Å²) < 4.78 is 5.77. The third kappa shape index (κ3) is 6.46. The maximum Gasteiger partial charge on any atom is 0.260 e. The predicted octanol–water partition coefficient (Wildman–Crippen LogP) is 4.67. The number of amides is 2. The van der Waals surface area contributed by atoms with Gasteiger partial charge in [-0.3, -0.25) is 9.59 Å². The zero-order chi connectivity index (χ0) is 21.3. The molecule has 0 aliphatic carbocycles. The van der Waals surface area contributed by atoms with E-state index >= 15 is 0 Å². The monoisotopic (exact) mass is 422 g/mol. The molecule has 1 aromatic heterocycles. The van der Waals surface area contributed by atoms with E-state index in [0.717, 1.165) is 11.3 Å². The van der Waals surface area contributed by atoms with Gasteiger partial charge in [-0.1, -0.05) is 42.5 Å².